The SMILES string of the molecule is CC(=O)N1c2ccc(NC(=O)CSc3nccc4ccccc34)cc2C[C@@H]1C. The van der Waals surface area contributed by atoms with Crippen LogP contribution in [0, 0.1) is 0 Å². The lowest BCUT2D eigenvalue weighted by molar-refractivity contribution is -0.117. The third kappa shape index (κ3) is 3.60. The van der Waals surface area contributed by atoms with Gasteiger partial charge >= 0.3 is 0 Å². The predicted molar refractivity (Wildman–Crippen MR) is 114 cm³/mol. The lowest BCUT2D eigenvalue weighted by Gasteiger charge is -2.20. The predicted octanol–water partition coefficient (Wildman–Crippen LogP) is 4.26. The van der Waals surface area contributed by atoms with Gasteiger partial charge in [-0.3, -0.25) is 9.59 Å². The van der Waals surface area contributed by atoms with Crippen molar-refractivity contribution >= 4 is 45.7 Å². The Labute approximate surface area is 168 Å². The zero-order chi connectivity index (χ0) is 19.7. The molecular weight excluding hydrogens is 370 g/mol. The smallest absolute Gasteiger partial charge is 0.234 e. The molecule has 1 aliphatic heterocycles. The van der Waals surface area contributed by atoms with Crippen LogP contribution in [0.4, 0.5) is 11.4 Å². The van der Waals surface area contributed by atoms with Gasteiger partial charge in [-0.25, -0.2) is 4.98 Å². The molecule has 142 valence electrons. The minimum absolute atomic E-state index is 0.0435. The van der Waals surface area contributed by atoms with E-state index in [9.17, 15) is 9.59 Å². The normalized spacial score (nSPS) is 15.5. The number of nitrogens with zero attached hydrogens (tertiary/aromatic N) is 2. The molecule has 0 spiro atoms. The summed E-state index contributed by atoms with van der Waals surface area (Å²) in [6.45, 7) is 3.62. The van der Waals surface area contributed by atoms with Gasteiger partial charge in [0.2, 0.25) is 11.8 Å². The van der Waals surface area contributed by atoms with Gasteiger partial charge in [0.1, 0.15) is 5.03 Å². The molecule has 0 aliphatic carbocycles. The van der Waals surface area contributed by atoms with Crippen LogP contribution in [0.3, 0.4) is 0 Å². The van der Waals surface area contributed by atoms with E-state index in [1.54, 1.807) is 13.1 Å². The monoisotopic (exact) mass is 391 g/mol. The highest BCUT2D eigenvalue weighted by Gasteiger charge is 2.28. The average Bonchev–Trinajstić information content (AvgIpc) is 3.01. The molecule has 0 saturated heterocycles. The first kappa shape index (κ1) is 18.5. The number of carbonyl (C=O) groups is 2. The third-order valence-electron chi connectivity index (χ3n) is 4.90. The van der Waals surface area contributed by atoms with Crippen LogP contribution >= 0.6 is 11.8 Å². The van der Waals surface area contributed by atoms with Crippen LogP contribution in [0.25, 0.3) is 10.8 Å². The molecular formula is C22H21N3O2S. The number of anilines is 2. The summed E-state index contributed by atoms with van der Waals surface area (Å²) in [5.74, 6) is 0.254. The number of pyridine rings is 1. The summed E-state index contributed by atoms with van der Waals surface area (Å²) in [4.78, 5) is 30.5. The molecule has 0 fully saturated rings. The van der Waals surface area contributed by atoms with Crippen LogP contribution < -0.4 is 10.2 Å². The Hall–Kier alpha value is -2.86. The van der Waals surface area contributed by atoms with Gasteiger partial charge in [-0.05, 0) is 48.6 Å². The highest BCUT2D eigenvalue weighted by molar-refractivity contribution is 8.00. The molecule has 1 aliphatic rings. The quantitative estimate of drug-likeness (QED) is 0.675. The maximum absolute atomic E-state index is 12.4. The van der Waals surface area contributed by atoms with Crippen molar-refractivity contribution in [3.05, 3.63) is 60.3 Å². The molecule has 4 rings (SSSR count). The summed E-state index contributed by atoms with van der Waals surface area (Å²) in [6, 6.07) is 15.9. The van der Waals surface area contributed by atoms with Crippen LogP contribution in [0.15, 0.2) is 59.8 Å². The van der Waals surface area contributed by atoms with Gasteiger partial charge in [0.05, 0.1) is 5.75 Å². The van der Waals surface area contributed by atoms with Gasteiger partial charge in [0.15, 0.2) is 0 Å². The second-order valence-electron chi connectivity index (χ2n) is 6.96. The van der Waals surface area contributed by atoms with Crippen molar-refractivity contribution in [1.82, 2.24) is 4.98 Å². The average molecular weight is 391 g/mol. The number of aromatic nitrogens is 1. The Morgan fingerprint density at radius 2 is 2.04 bits per heavy atom. The topological polar surface area (TPSA) is 62.3 Å². The summed E-state index contributed by atoms with van der Waals surface area (Å²) >= 11 is 1.43. The first-order chi connectivity index (χ1) is 13.5. The van der Waals surface area contributed by atoms with E-state index in [-0.39, 0.29) is 23.6 Å². The van der Waals surface area contributed by atoms with Gasteiger partial charge in [0, 0.05) is 35.9 Å². The number of benzene rings is 2. The molecule has 0 radical (unpaired) electrons. The molecule has 2 heterocycles. The van der Waals surface area contributed by atoms with Gasteiger partial charge in [-0.2, -0.15) is 0 Å². The highest BCUT2D eigenvalue weighted by Crippen LogP contribution is 2.34. The molecule has 5 nitrogen and oxygen atoms in total. The highest BCUT2D eigenvalue weighted by atomic mass is 32.2. The summed E-state index contributed by atoms with van der Waals surface area (Å²) in [7, 11) is 0. The number of nitrogens with one attached hydrogen (secondary N) is 1. The summed E-state index contributed by atoms with van der Waals surface area (Å²) in [5.41, 5.74) is 2.78. The van der Waals surface area contributed by atoms with E-state index >= 15 is 0 Å². The minimum Gasteiger partial charge on any atom is -0.325 e. The van der Waals surface area contributed by atoms with E-state index in [0.29, 0.717) is 0 Å². The number of thioether (sulfide) groups is 1. The molecule has 2 aromatic carbocycles. The van der Waals surface area contributed by atoms with E-state index in [1.165, 1.54) is 11.8 Å². The number of hydrogen-bond acceptors (Lipinski definition) is 4. The van der Waals surface area contributed by atoms with Crippen molar-refractivity contribution in [3.8, 4) is 0 Å². The molecule has 2 amide bonds. The Morgan fingerprint density at radius 3 is 2.86 bits per heavy atom. The van der Waals surface area contributed by atoms with Gasteiger partial charge in [-0.1, -0.05) is 36.0 Å². The third-order valence-corrected chi connectivity index (χ3v) is 5.90. The van der Waals surface area contributed by atoms with Crippen LogP contribution in [-0.2, 0) is 16.0 Å². The van der Waals surface area contributed by atoms with Gasteiger partial charge < -0.3 is 10.2 Å². The van der Waals surface area contributed by atoms with Crippen LogP contribution in [0.2, 0.25) is 0 Å². The number of hydrogen-bond donors (Lipinski definition) is 1. The zero-order valence-corrected chi connectivity index (χ0v) is 16.6. The summed E-state index contributed by atoms with van der Waals surface area (Å²) < 4.78 is 0. The van der Waals surface area contributed by atoms with Crippen molar-refractivity contribution in [3.63, 3.8) is 0 Å². The van der Waals surface area contributed by atoms with Crippen molar-refractivity contribution < 1.29 is 9.59 Å². The maximum atomic E-state index is 12.4. The fourth-order valence-electron chi connectivity index (χ4n) is 3.73. The zero-order valence-electron chi connectivity index (χ0n) is 15.8. The van der Waals surface area contributed by atoms with Crippen molar-refractivity contribution in [1.29, 1.82) is 0 Å². The standard InChI is InChI=1S/C22H21N3O2S/c1-14-11-17-12-18(7-8-20(17)25(14)15(2)26)24-21(27)13-28-22-19-6-4-3-5-16(19)9-10-23-22/h3-10,12,14H,11,13H2,1-2H3,(H,24,27)/t14-/m0/s1. The largest absolute Gasteiger partial charge is 0.325 e. The molecule has 0 unspecified atom stereocenters. The molecule has 0 saturated carbocycles. The Balaban J connectivity index is 1.43. The number of rotatable bonds is 4. The molecule has 3 aromatic rings. The number of carbonyl (C=O) groups excluding carboxylic acids is 2. The van der Waals surface area contributed by atoms with Crippen LogP contribution in [-0.4, -0.2) is 28.6 Å². The second-order valence-corrected chi connectivity index (χ2v) is 7.92. The molecule has 1 aromatic heterocycles. The molecule has 1 N–H and O–H groups in total. The van der Waals surface area contributed by atoms with Crippen molar-refractivity contribution in [2.24, 2.45) is 0 Å². The van der Waals surface area contributed by atoms with Gasteiger partial charge in [-0.15, -0.1) is 0 Å². The Bertz CT molecular complexity index is 1060. The maximum Gasteiger partial charge on any atom is 0.234 e. The number of amides is 2. The lowest BCUT2D eigenvalue weighted by atomic mass is 10.1. The minimum atomic E-state index is -0.0749. The molecule has 1 atom stereocenters. The molecule has 0 bridgehead atoms. The van der Waals surface area contributed by atoms with Crippen LogP contribution in [0.5, 0.6) is 0 Å². The Morgan fingerprint density at radius 1 is 1.21 bits per heavy atom. The van der Waals surface area contributed by atoms with Gasteiger partial charge in [0.25, 0.3) is 0 Å². The first-order valence-electron chi connectivity index (χ1n) is 9.22. The van der Waals surface area contributed by atoms with E-state index in [1.807, 2.05) is 60.4 Å². The van der Waals surface area contributed by atoms with E-state index in [4.69, 9.17) is 0 Å². The van der Waals surface area contributed by atoms with Crippen LogP contribution in [0.1, 0.15) is 19.4 Å². The fraction of sp³-hybridized carbons (Fsp3) is 0.227. The van der Waals surface area contributed by atoms with Crippen molar-refractivity contribution in [2.75, 3.05) is 16.0 Å². The molecule has 6 heteroatoms. The first-order valence-corrected chi connectivity index (χ1v) is 10.2. The van der Waals surface area contributed by atoms with E-state index in [0.717, 1.165) is 39.2 Å². The lowest BCUT2D eigenvalue weighted by Crippen LogP contribution is -2.33. The summed E-state index contributed by atoms with van der Waals surface area (Å²) in [6.07, 6.45) is 2.57. The van der Waals surface area contributed by atoms with Crippen molar-refractivity contribution in [2.45, 2.75) is 31.3 Å². The van der Waals surface area contributed by atoms with E-state index in [2.05, 4.69) is 10.3 Å². The van der Waals surface area contributed by atoms with E-state index < -0.39 is 0 Å². The molecule has 28 heavy (non-hydrogen) atoms. The summed E-state index contributed by atoms with van der Waals surface area (Å²) in [5, 5.41) is 5.98. The fourth-order valence-corrected chi connectivity index (χ4v) is 4.54. The Kier molecular flexibility index (Phi) is 5.05. The number of fused-ring (bicyclic) bond motifs is 2. The second kappa shape index (κ2) is 7.64.